The molecule has 0 bridgehead atoms. The molecule has 146 valence electrons. The molecular formula is C20H27IN4O2. The average Bonchev–Trinajstić information content (AvgIpc) is 2.68. The van der Waals surface area contributed by atoms with Crippen LogP contribution >= 0.6 is 24.0 Å². The van der Waals surface area contributed by atoms with Crippen LogP contribution < -0.4 is 20.5 Å². The number of pyridine rings is 1. The van der Waals surface area contributed by atoms with Gasteiger partial charge in [-0.15, -0.1) is 24.0 Å². The number of methoxy groups -OCH3 is 1. The molecule has 6 nitrogen and oxygen atoms in total. The average molecular weight is 482 g/mol. The number of nitrogens with zero attached hydrogens (tertiary/aromatic N) is 2. The minimum Gasteiger partial charge on any atom is -0.497 e. The second-order valence-corrected chi connectivity index (χ2v) is 6.44. The molecule has 1 fully saturated rings. The van der Waals surface area contributed by atoms with E-state index in [1.54, 1.807) is 13.3 Å². The summed E-state index contributed by atoms with van der Waals surface area (Å²) in [4.78, 5) is 8.70. The lowest BCUT2D eigenvalue weighted by Crippen LogP contribution is -2.22. The van der Waals surface area contributed by atoms with Crippen LogP contribution in [-0.2, 0) is 6.54 Å². The van der Waals surface area contributed by atoms with E-state index in [-0.39, 0.29) is 30.1 Å². The van der Waals surface area contributed by atoms with E-state index in [4.69, 9.17) is 15.2 Å². The van der Waals surface area contributed by atoms with Gasteiger partial charge in [0, 0.05) is 18.0 Å². The molecule has 1 aliphatic rings. The molecule has 3 rings (SSSR count). The summed E-state index contributed by atoms with van der Waals surface area (Å²) < 4.78 is 11.1. The van der Waals surface area contributed by atoms with Crippen LogP contribution in [0.15, 0.2) is 47.6 Å². The number of nitrogens with one attached hydrogen (secondary N) is 1. The third-order valence-electron chi connectivity index (χ3n) is 4.43. The van der Waals surface area contributed by atoms with Crippen molar-refractivity contribution in [1.29, 1.82) is 0 Å². The zero-order valence-electron chi connectivity index (χ0n) is 15.6. The highest BCUT2D eigenvalue weighted by atomic mass is 127. The first-order valence-electron chi connectivity index (χ1n) is 9.05. The fourth-order valence-corrected chi connectivity index (χ4v) is 3.01. The van der Waals surface area contributed by atoms with Crippen LogP contribution in [-0.4, -0.2) is 24.2 Å². The van der Waals surface area contributed by atoms with Crippen molar-refractivity contribution in [3.05, 3.63) is 48.2 Å². The Morgan fingerprint density at radius 3 is 2.63 bits per heavy atom. The highest BCUT2D eigenvalue weighted by Gasteiger charge is 2.15. The molecule has 3 N–H and O–H groups in total. The van der Waals surface area contributed by atoms with Crippen molar-refractivity contribution in [2.45, 2.75) is 44.8 Å². The Kier molecular flexibility index (Phi) is 8.63. The number of benzene rings is 1. The summed E-state index contributed by atoms with van der Waals surface area (Å²) in [6, 6.07) is 11.4. The number of anilines is 1. The first kappa shape index (κ1) is 21.3. The van der Waals surface area contributed by atoms with Crippen molar-refractivity contribution in [1.82, 2.24) is 4.98 Å². The minimum atomic E-state index is 0. The monoisotopic (exact) mass is 482 g/mol. The normalized spacial score (nSPS) is 14.9. The van der Waals surface area contributed by atoms with Gasteiger partial charge in [0.1, 0.15) is 11.9 Å². The molecule has 1 aromatic heterocycles. The number of hydrogen-bond acceptors (Lipinski definition) is 4. The van der Waals surface area contributed by atoms with Crippen LogP contribution in [0.4, 0.5) is 5.69 Å². The van der Waals surface area contributed by atoms with E-state index in [2.05, 4.69) is 15.3 Å². The zero-order chi connectivity index (χ0) is 18.2. The second kappa shape index (κ2) is 11.0. The standard InChI is InChI=1S/C20H26N4O2.HI/c1-25-17-9-7-16(8-10-17)24-20(21)23-14-15-11-12-22-19(13-15)26-18-5-3-2-4-6-18;/h7-13,18H,2-6,14H2,1H3,(H3,21,23,24);1H. The van der Waals surface area contributed by atoms with Crippen LogP contribution in [0.1, 0.15) is 37.7 Å². The summed E-state index contributed by atoms with van der Waals surface area (Å²) in [6.45, 7) is 0.471. The van der Waals surface area contributed by atoms with Gasteiger partial charge >= 0.3 is 0 Å². The first-order valence-corrected chi connectivity index (χ1v) is 9.05. The molecule has 1 saturated carbocycles. The SMILES string of the molecule is COc1ccc(NC(N)=NCc2ccnc(OC3CCCCC3)c2)cc1.I. The quantitative estimate of drug-likeness (QED) is 0.364. The minimum absolute atomic E-state index is 0. The Hall–Kier alpha value is -2.03. The van der Waals surface area contributed by atoms with E-state index in [1.807, 2.05) is 36.4 Å². The van der Waals surface area contributed by atoms with Gasteiger partial charge in [0.15, 0.2) is 5.96 Å². The summed E-state index contributed by atoms with van der Waals surface area (Å²) in [5.74, 6) is 1.83. The van der Waals surface area contributed by atoms with Crippen LogP contribution in [0.25, 0.3) is 0 Å². The fraction of sp³-hybridized carbons (Fsp3) is 0.400. The van der Waals surface area contributed by atoms with Gasteiger partial charge in [-0.25, -0.2) is 9.98 Å². The second-order valence-electron chi connectivity index (χ2n) is 6.44. The van der Waals surface area contributed by atoms with E-state index in [0.717, 1.165) is 29.8 Å². The number of hydrogen-bond donors (Lipinski definition) is 2. The lowest BCUT2D eigenvalue weighted by Gasteiger charge is -2.22. The smallest absolute Gasteiger partial charge is 0.213 e. The van der Waals surface area contributed by atoms with Crippen molar-refractivity contribution in [3.8, 4) is 11.6 Å². The van der Waals surface area contributed by atoms with Crippen LogP contribution in [0.2, 0.25) is 0 Å². The largest absolute Gasteiger partial charge is 0.497 e. The number of guanidine groups is 1. The maximum Gasteiger partial charge on any atom is 0.213 e. The van der Waals surface area contributed by atoms with E-state index in [0.29, 0.717) is 18.4 Å². The number of rotatable bonds is 6. The number of aromatic nitrogens is 1. The third kappa shape index (κ3) is 6.89. The van der Waals surface area contributed by atoms with Crippen molar-refractivity contribution in [2.75, 3.05) is 12.4 Å². The highest BCUT2D eigenvalue weighted by molar-refractivity contribution is 14.0. The van der Waals surface area contributed by atoms with Gasteiger partial charge in [-0.1, -0.05) is 6.42 Å². The number of ether oxygens (including phenoxy) is 2. The Balaban J connectivity index is 0.00000261. The van der Waals surface area contributed by atoms with E-state index >= 15 is 0 Å². The molecule has 2 aromatic rings. The maximum atomic E-state index is 6.00. The summed E-state index contributed by atoms with van der Waals surface area (Å²) in [5.41, 5.74) is 7.86. The highest BCUT2D eigenvalue weighted by Crippen LogP contribution is 2.22. The van der Waals surface area contributed by atoms with Crippen LogP contribution in [0.3, 0.4) is 0 Å². The summed E-state index contributed by atoms with van der Waals surface area (Å²) in [5, 5.41) is 3.07. The molecule has 0 saturated heterocycles. The maximum absolute atomic E-state index is 6.00. The van der Waals surface area contributed by atoms with Crippen LogP contribution in [0, 0.1) is 0 Å². The molecular weight excluding hydrogens is 455 g/mol. The molecule has 0 aliphatic heterocycles. The Bertz CT molecular complexity index is 731. The Labute approximate surface area is 177 Å². The topological polar surface area (TPSA) is 81.8 Å². The predicted molar refractivity (Wildman–Crippen MR) is 119 cm³/mol. The lowest BCUT2D eigenvalue weighted by atomic mass is 9.98. The van der Waals surface area contributed by atoms with Crippen molar-refractivity contribution >= 4 is 35.6 Å². The van der Waals surface area contributed by atoms with Crippen molar-refractivity contribution in [2.24, 2.45) is 10.7 Å². The molecule has 7 heteroatoms. The Morgan fingerprint density at radius 1 is 1.19 bits per heavy atom. The first-order chi connectivity index (χ1) is 12.7. The van der Waals surface area contributed by atoms with Gasteiger partial charge < -0.3 is 20.5 Å². The van der Waals surface area contributed by atoms with E-state index in [1.165, 1.54) is 19.3 Å². The molecule has 1 heterocycles. The fourth-order valence-electron chi connectivity index (χ4n) is 3.01. The molecule has 0 atom stereocenters. The molecule has 1 aromatic carbocycles. The van der Waals surface area contributed by atoms with Gasteiger partial charge in [-0.3, -0.25) is 0 Å². The Morgan fingerprint density at radius 2 is 1.93 bits per heavy atom. The van der Waals surface area contributed by atoms with Gasteiger partial charge in [0.2, 0.25) is 5.88 Å². The molecule has 27 heavy (non-hydrogen) atoms. The van der Waals surface area contributed by atoms with Gasteiger partial charge in [0.25, 0.3) is 0 Å². The lowest BCUT2D eigenvalue weighted by molar-refractivity contribution is 0.148. The van der Waals surface area contributed by atoms with Gasteiger partial charge in [-0.05, 0) is 61.6 Å². The summed E-state index contributed by atoms with van der Waals surface area (Å²) in [7, 11) is 1.64. The number of aliphatic imine (C=N–C) groups is 1. The van der Waals surface area contributed by atoms with Crippen molar-refractivity contribution < 1.29 is 9.47 Å². The zero-order valence-corrected chi connectivity index (χ0v) is 17.9. The number of nitrogens with two attached hydrogens (primary N) is 1. The predicted octanol–water partition coefficient (Wildman–Crippen LogP) is 4.35. The molecule has 0 unspecified atom stereocenters. The third-order valence-corrected chi connectivity index (χ3v) is 4.43. The summed E-state index contributed by atoms with van der Waals surface area (Å²) in [6.07, 6.45) is 8.06. The molecule has 1 aliphatic carbocycles. The van der Waals surface area contributed by atoms with Gasteiger partial charge in [0.05, 0.1) is 13.7 Å². The van der Waals surface area contributed by atoms with Crippen LogP contribution in [0.5, 0.6) is 11.6 Å². The summed E-state index contributed by atoms with van der Waals surface area (Å²) >= 11 is 0. The molecule has 0 spiro atoms. The van der Waals surface area contributed by atoms with E-state index in [9.17, 15) is 0 Å². The van der Waals surface area contributed by atoms with Crippen molar-refractivity contribution in [3.63, 3.8) is 0 Å². The number of halogens is 1. The molecule has 0 amide bonds. The van der Waals surface area contributed by atoms with E-state index < -0.39 is 0 Å². The van der Waals surface area contributed by atoms with Gasteiger partial charge in [-0.2, -0.15) is 0 Å². The molecule has 0 radical (unpaired) electrons.